The number of nitrogens with zero attached hydrogens (tertiary/aromatic N) is 1. The summed E-state index contributed by atoms with van der Waals surface area (Å²) < 4.78 is 17.0. The van der Waals surface area contributed by atoms with Gasteiger partial charge in [-0.15, -0.1) is 0 Å². The van der Waals surface area contributed by atoms with Crippen LogP contribution >= 0.6 is 0 Å². The van der Waals surface area contributed by atoms with Crippen molar-refractivity contribution in [3.05, 3.63) is 85.1 Å². The van der Waals surface area contributed by atoms with Crippen LogP contribution in [0.25, 0.3) is 0 Å². The van der Waals surface area contributed by atoms with Crippen molar-refractivity contribution in [2.75, 3.05) is 41.0 Å². The summed E-state index contributed by atoms with van der Waals surface area (Å²) in [7, 11) is 5.47. The average molecular weight is 727 g/mol. The largest absolute Gasteiger partial charge is 0.477 e. The quantitative estimate of drug-likeness (QED) is 0.0311. The molecule has 52 heavy (non-hydrogen) atoms. The van der Waals surface area contributed by atoms with Crippen LogP contribution in [-0.2, 0) is 28.6 Å². The maximum absolute atomic E-state index is 12.5. The number of quaternary nitrogens is 1. The zero-order valence-corrected chi connectivity index (χ0v) is 33.2. The van der Waals surface area contributed by atoms with Gasteiger partial charge in [0.15, 0.2) is 12.1 Å². The van der Waals surface area contributed by atoms with E-state index in [4.69, 9.17) is 14.2 Å². The van der Waals surface area contributed by atoms with Gasteiger partial charge in [-0.1, -0.05) is 125 Å². The van der Waals surface area contributed by atoms with E-state index in [0.29, 0.717) is 12.8 Å². The van der Waals surface area contributed by atoms with Crippen molar-refractivity contribution in [3.63, 3.8) is 0 Å². The van der Waals surface area contributed by atoms with E-state index in [9.17, 15) is 19.5 Å². The Balaban J connectivity index is 4.42. The Hall–Kier alpha value is -3.49. The predicted molar refractivity (Wildman–Crippen MR) is 215 cm³/mol. The number of carbonyl (C=O) groups excluding carboxylic acids is 2. The van der Waals surface area contributed by atoms with E-state index in [0.717, 1.165) is 77.0 Å². The zero-order valence-electron chi connectivity index (χ0n) is 33.2. The molecule has 2 atom stereocenters. The molecule has 1 N–H and O–H groups in total. The molecule has 0 aliphatic carbocycles. The Kier molecular flexibility index (Phi) is 32.3. The molecule has 0 rings (SSSR count). The molecular formula is C44H72NO7+. The number of esters is 2. The Bertz CT molecular complexity index is 1120. The molecule has 8 heteroatoms. The summed E-state index contributed by atoms with van der Waals surface area (Å²) in [6, 6.07) is -0.633. The molecule has 0 spiro atoms. The highest BCUT2D eigenvalue weighted by Gasteiger charge is 2.31. The first-order chi connectivity index (χ1) is 25.1. The molecule has 0 amide bonds. The SMILES string of the molecule is CC/C=C/C/C=C/C/C=C/C/C=C/CCCCCCCCC(=O)OCC(COCCC(C(=O)O)[N+](C)(C)C)OC(=O)C/C=C/C/C=C/C/C=C/CC. The molecule has 0 bridgehead atoms. The van der Waals surface area contributed by atoms with Crippen molar-refractivity contribution < 1.29 is 38.2 Å². The van der Waals surface area contributed by atoms with Gasteiger partial charge in [0, 0.05) is 12.8 Å². The molecule has 294 valence electrons. The van der Waals surface area contributed by atoms with Crippen molar-refractivity contribution in [1.82, 2.24) is 0 Å². The first-order valence-electron chi connectivity index (χ1n) is 19.6. The third kappa shape index (κ3) is 32.4. The van der Waals surface area contributed by atoms with Gasteiger partial charge >= 0.3 is 17.9 Å². The van der Waals surface area contributed by atoms with Gasteiger partial charge in [-0.3, -0.25) is 9.59 Å². The number of aliphatic carboxylic acids is 1. The molecule has 0 aromatic heterocycles. The van der Waals surface area contributed by atoms with Crippen molar-refractivity contribution in [2.24, 2.45) is 0 Å². The lowest BCUT2D eigenvalue weighted by atomic mass is 10.1. The molecule has 0 aromatic carbocycles. The molecular weight excluding hydrogens is 654 g/mol. The highest BCUT2D eigenvalue weighted by molar-refractivity contribution is 5.72. The van der Waals surface area contributed by atoms with Crippen molar-refractivity contribution in [2.45, 2.75) is 135 Å². The number of carboxylic acid groups (broad SMARTS) is 1. The average Bonchev–Trinajstić information content (AvgIpc) is 3.09. The number of hydrogen-bond acceptors (Lipinski definition) is 6. The van der Waals surface area contributed by atoms with E-state index in [2.05, 4.69) is 80.7 Å². The van der Waals surface area contributed by atoms with Crippen LogP contribution in [0.5, 0.6) is 0 Å². The van der Waals surface area contributed by atoms with E-state index >= 15 is 0 Å². The molecule has 0 saturated heterocycles. The number of ether oxygens (including phenoxy) is 3. The van der Waals surface area contributed by atoms with E-state index in [1.165, 1.54) is 12.8 Å². The molecule has 0 saturated carbocycles. The van der Waals surface area contributed by atoms with Gasteiger partial charge in [-0.05, 0) is 64.2 Å². The van der Waals surface area contributed by atoms with Crippen LogP contribution in [0.1, 0.15) is 123 Å². The third-order valence-corrected chi connectivity index (χ3v) is 8.07. The topological polar surface area (TPSA) is 99.1 Å². The van der Waals surface area contributed by atoms with Crippen LogP contribution in [0, 0.1) is 0 Å². The van der Waals surface area contributed by atoms with Crippen LogP contribution in [0.3, 0.4) is 0 Å². The minimum absolute atomic E-state index is 0.0150. The lowest BCUT2D eigenvalue weighted by molar-refractivity contribution is -0.887. The Morgan fingerprint density at radius 3 is 1.60 bits per heavy atom. The first kappa shape index (κ1) is 48.5. The molecule has 2 unspecified atom stereocenters. The Morgan fingerprint density at radius 1 is 0.596 bits per heavy atom. The van der Waals surface area contributed by atoms with E-state index in [1.54, 1.807) is 6.08 Å². The standard InChI is InChI=1S/C44H71NO7/c1-6-8-10-12-14-16-17-18-19-20-21-22-23-24-25-27-28-30-32-34-42(46)51-39-40(38-50-37-36-41(44(48)49)45(3,4)5)52-43(47)35-33-31-29-26-15-13-11-9-7-2/h8-11,14-16,18-19,21-22,26,31,33,40-41H,6-7,12-13,17,20,23-25,27-30,32,34-39H2,1-5H3/p+1/b10-8+,11-9+,16-14+,19-18+,22-21+,26-15+,33-31+. The van der Waals surface area contributed by atoms with Gasteiger partial charge in [-0.2, -0.15) is 0 Å². The van der Waals surface area contributed by atoms with Crippen LogP contribution in [-0.4, -0.2) is 80.6 Å². The number of allylic oxidation sites excluding steroid dienone is 13. The molecule has 0 aliphatic rings. The summed E-state index contributed by atoms with van der Waals surface area (Å²) in [6.07, 6.45) is 43.9. The van der Waals surface area contributed by atoms with Crippen LogP contribution in [0.2, 0.25) is 0 Å². The minimum atomic E-state index is -0.895. The van der Waals surface area contributed by atoms with Crippen molar-refractivity contribution in [1.29, 1.82) is 0 Å². The molecule has 0 aliphatic heterocycles. The molecule has 8 nitrogen and oxygen atoms in total. The summed E-state index contributed by atoms with van der Waals surface area (Å²) in [6.45, 7) is 4.34. The second-order valence-corrected chi connectivity index (χ2v) is 13.8. The predicted octanol–water partition coefficient (Wildman–Crippen LogP) is 10.2. The molecule has 0 heterocycles. The number of rotatable bonds is 33. The fourth-order valence-corrected chi connectivity index (χ4v) is 5.08. The van der Waals surface area contributed by atoms with E-state index in [1.807, 2.05) is 33.3 Å². The van der Waals surface area contributed by atoms with E-state index < -0.39 is 24.1 Å². The molecule has 0 radical (unpaired) electrons. The summed E-state index contributed by atoms with van der Waals surface area (Å²) >= 11 is 0. The maximum atomic E-state index is 12.5. The molecule has 0 fully saturated rings. The van der Waals surface area contributed by atoms with Crippen molar-refractivity contribution >= 4 is 17.9 Å². The highest BCUT2D eigenvalue weighted by atomic mass is 16.6. The van der Waals surface area contributed by atoms with E-state index in [-0.39, 0.29) is 36.7 Å². The van der Waals surface area contributed by atoms with Gasteiger partial charge in [0.05, 0.1) is 40.8 Å². The fourth-order valence-electron chi connectivity index (χ4n) is 5.08. The number of carboxylic acids is 1. The minimum Gasteiger partial charge on any atom is -0.477 e. The van der Waals surface area contributed by atoms with Gasteiger partial charge in [0.25, 0.3) is 0 Å². The normalized spacial score (nSPS) is 13.9. The van der Waals surface area contributed by atoms with Crippen LogP contribution in [0.4, 0.5) is 0 Å². The molecule has 0 aromatic rings. The monoisotopic (exact) mass is 727 g/mol. The van der Waals surface area contributed by atoms with Crippen molar-refractivity contribution in [3.8, 4) is 0 Å². The second kappa shape index (κ2) is 34.6. The number of unbranched alkanes of at least 4 members (excludes halogenated alkanes) is 6. The summed E-state index contributed by atoms with van der Waals surface area (Å²) in [5.74, 6) is -1.65. The van der Waals surface area contributed by atoms with Gasteiger partial charge in [0.2, 0.25) is 0 Å². The third-order valence-electron chi connectivity index (χ3n) is 8.07. The smallest absolute Gasteiger partial charge is 0.362 e. The Morgan fingerprint density at radius 2 is 1.08 bits per heavy atom. The van der Waals surface area contributed by atoms with Crippen LogP contribution < -0.4 is 0 Å². The summed E-state index contributed by atoms with van der Waals surface area (Å²) in [4.78, 5) is 36.7. The second-order valence-electron chi connectivity index (χ2n) is 13.8. The maximum Gasteiger partial charge on any atom is 0.362 e. The number of hydrogen-bond donors (Lipinski definition) is 1. The Labute approximate surface area is 316 Å². The lowest BCUT2D eigenvalue weighted by Gasteiger charge is -2.31. The number of carbonyl (C=O) groups is 3. The number of likely N-dealkylation sites (N-methyl/N-ethyl adjacent to an activating group) is 1. The van der Waals surface area contributed by atoms with Gasteiger partial charge in [0.1, 0.15) is 6.61 Å². The lowest BCUT2D eigenvalue weighted by Crippen LogP contribution is -2.50. The summed E-state index contributed by atoms with van der Waals surface area (Å²) in [5.41, 5.74) is 0. The highest BCUT2D eigenvalue weighted by Crippen LogP contribution is 2.12. The van der Waals surface area contributed by atoms with Gasteiger partial charge in [-0.25, -0.2) is 4.79 Å². The summed E-state index contributed by atoms with van der Waals surface area (Å²) in [5, 5.41) is 9.57. The fraction of sp³-hybridized carbons (Fsp3) is 0.614. The van der Waals surface area contributed by atoms with Crippen LogP contribution in [0.15, 0.2) is 85.1 Å². The van der Waals surface area contributed by atoms with Gasteiger partial charge < -0.3 is 23.8 Å². The first-order valence-corrected chi connectivity index (χ1v) is 19.6. The zero-order chi connectivity index (χ0) is 38.5.